The molecule has 0 bridgehead atoms. The maximum absolute atomic E-state index is 5.90. The molecule has 0 atom stereocenters. The molecule has 0 radical (unpaired) electrons. The minimum absolute atomic E-state index is 0.892. The number of aryl methyl sites for hydroxylation is 1. The summed E-state index contributed by atoms with van der Waals surface area (Å²) < 4.78 is 0. The van der Waals surface area contributed by atoms with Crippen LogP contribution in [0.3, 0.4) is 0 Å². The molecule has 0 saturated carbocycles. The van der Waals surface area contributed by atoms with Crippen LogP contribution in [0.1, 0.15) is 5.56 Å². The number of rotatable bonds is 1. The smallest absolute Gasteiger partial charge is 0.0394 e. The number of hydrogen-bond donors (Lipinski definition) is 1. The van der Waals surface area contributed by atoms with Gasteiger partial charge in [0.2, 0.25) is 0 Å². The second-order valence-electron chi connectivity index (χ2n) is 3.70. The second-order valence-corrected chi connectivity index (χ2v) is 7.51. The summed E-state index contributed by atoms with van der Waals surface area (Å²) in [5.74, 6) is 0. The van der Waals surface area contributed by atoms with E-state index in [1.165, 1.54) is 10.9 Å². The van der Waals surface area contributed by atoms with Crippen LogP contribution in [-0.2, 0) is 0 Å². The highest BCUT2D eigenvalue weighted by molar-refractivity contribution is 7.79. The third-order valence-corrected chi connectivity index (χ3v) is 3.70. The Bertz CT molecular complexity index is 315. The maximum Gasteiger partial charge on any atom is 0.0394 e. The fourth-order valence-electron chi connectivity index (χ4n) is 1.51. The van der Waals surface area contributed by atoms with Gasteiger partial charge in [-0.15, -0.1) is 0 Å². The van der Waals surface area contributed by atoms with Gasteiger partial charge in [-0.2, -0.15) is 0 Å². The first-order chi connectivity index (χ1) is 5.43. The molecule has 66 valence electrons. The van der Waals surface area contributed by atoms with E-state index in [-0.39, 0.29) is 0 Å². The maximum atomic E-state index is 5.90. The van der Waals surface area contributed by atoms with Crippen LogP contribution in [-0.4, -0.2) is 19.6 Å². The molecule has 0 spiro atoms. The zero-order chi connectivity index (χ0) is 9.35. The predicted molar refractivity (Wildman–Crippen MR) is 61.1 cm³/mol. The Balaban J connectivity index is 3.42. The summed E-state index contributed by atoms with van der Waals surface area (Å²) >= 11 is 0. The summed E-state index contributed by atoms with van der Waals surface area (Å²) in [4.78, 5) is 0. The summed E-state index contributed by atoms with van der Waals surface area (Å²) in [7, 11) is 0. The minimum atomic E-state index is -1.22. The first kappa shape index (κ1) is 9.41. The Kier molecular flexibility index (Phi) is 2.34. The highest BCUT2D eigenvalue weighted by Gasteiger charge is 2.10. The predicted octanol–water partition coefficient (Wildman–Crippen LogP) is 1.91. The molecular formula is C10H16NP. The van der Waals surface area contributed by atoms with Crippen molar-refractivity contribution in [1.82, 2.24) is 0 Å². The zero-order valence-corrected chi connectivity index (χ0v) is 8.86. The number of nitrogen functional groups attached to an aromatic ring is 1. The normalized spacial score (nSPS) is 11.6. The Labute approximate surface area is 74.6 Å². The average molecular weight is 181 g/mol. The molecule has 0 aliphatic heterocycles. The average Bonchev–Trinajstić information content (AvgIpc) is 1.82. The Morgan fingerprint density at radius 1 is 1.33 bits per heavy atom. The minimum Gasteiger partial charge on any atom is -0.398 e. The first-order valence-electron chi connectivity index (χ1n) is 3.97. The van der Waals surface area contributed by atoms with Gasteiger partial charge in [0.15, 0.2) is 0 Å². The van der Waals surface area contributed by atoms with Crippen LogP contribution in [0, 0.1) is 6.92 Å². The summed E-state index contributed by atoms with van der Waals surface area (Å²) in [6.45, 7) is 5.25. The first-order valence-corrected chi connectivity index (χ1v) is 6.84. The summed E-state index contributed by atoms with van der Waals surface area (Å²) in [6, 6.07) is 6.04. The zero-order valence-electron chi connectivity index (χ0n) is 7.96. The van der Waals surface area contributed by atoms with Crippen LogP contribution < -0.4 is 11.0 Å². The molecule has 0 aliphatic carbocycles. The Morgan fingerprint density at radius 2 is 1.92 bits per heavy atom. The number of anilines is 1. The van der Waals surface area contributed by atoms with Crippen molar-refractivity contribution in [2.75, 3.05) is 19.1 Å². The van der Waals surface area contributed by atoms with E-state index in [9.17, 15) is 0 Å². The van der Waals surface area contributed by atoms with Gasteiger partial charge in [0.1, 0.15) is 0 Å². The third kappa shape index (κ3) is 1.73. The lowest BCUT2D eigenvalue weighted by atomic mass is 10.2. The Morgan fingerprint density at radius 3 is 2.25 bits per heavy atom. The number of hydrogen-bond acceptors (Lipinski definition) is 1. The molecule has 0 amide bonds. The standard InChI is InChI=1S/C10H16NP/c1-8-6-5-7-9(11)10(8)12(2,3)4/h5-7H,2,11H2,1,3-4H3. The van der Waals surface area contributed by atoms with Gasteiger partial charge in [0, 0.05) is 11.0 Å². The van der Waals surface area contributed by atoms with Gasteiger partial charge in [-0.1, -0.05) is 25.3 Å². The fraction of sp³-hybridized carbons (Fsp3) is 0.300. The van der Waals surface area contributed by atoms with Crippen molar-refractivity contribution in [1.29, 1.82) is 0 Å². The van der Waals surface area contributed by atoms with Gasteiger partial charge in [0.25, 0.3) is 0 Å². The van der Waals surface area contributed by atoms with Crippen molar-refractivity contribution in [3.63, 3.8) is 0 Å². The SMILES string of the molecule is C=P(C)(C)c1c(C)cccc1N. The summed E-state index contributed by atoms with van der Waals surface area (Å²) in [6.07, 6.45) is 4.19. The van der Waals surface area contributed by atoms with Crippen LogP contribution in [0.25, 0.3) is 0 Å². The molecule has 0 heterocycles. The highest BCUT2D eigenvalue weighted by atomic mass is 31.2. The van der Waals surface area contributed by atoms with Gasteiger partial charge in [0.05, 0.1) is 0 Å². The molecule has 0 aliphatic rings. The van der Waals surface area contributed by atoms with Crippen LogP contribution in [0.4, 0.5) is 5.69 Å². The van der Waals surface area contributed by atoms with Crippen molar-refractivity contribution in [3.8, 4) is 0 Å². The third-order valence-electron chi connectivity index (χ3n) is 1.87. The van der Waals surface area contributed by atoms with Gasteiger partial charge < -0.3 is 5.73 Å². The van der Waals surface area contributed by atoms with E-state index in [0.717, 1.165) is 5.69 Å². The van der Waals surface area contributed by atoms with E-state index in [1.807, 2.05) is 12.1 Å². The lowest BCUT2D eigenvalue weighted by Gasteiger charge is -2.18. The van der Waals surface area contributed by atoms with Gasteiger partial charge in [-0.25, -0.2) is 0 Å². The lowest BCUT2D eigenvalue weighted by Crippen LogP contribution is -2.13. The molecule has 0 unspecified atom stereocenters. The van der Waals surface area contributed by atoms with Gasteiger partial charge >= 0.3 is 0 Å². The van der Waals surface area contributed by atoms with Crippen molar-refractivity contribution in [2.45, 2.75) is 6.92 Å². The van der Waals surface area contributed by atoms with Gasteiger partial charge in [-0.3, -0.25) is 0 Å². The van der Waals surface area contributed by atoms with Crippen molar-refractivity contribution in [2.24, 2.45) is 0 Å². The van der Waals surface area contributed by atoms with E-state index < -0.39 is 6.89 Å². The quantitative estimate of drug-likeness (QED) is 0.519. The molecule has 0 fully saturated rings. The largest absolute Gasteiger partial charge is 0.398 e. The molecule has 1 aromatic rings. The molecule has 1 aromatic carbocycles. The highest BCUT2D eigenvalue weighted by Crippen LogP contribution is 2.37. The van der Waals surface area contributed by atoms with E-state index in [0.29, 0.717) is 0 Å². The lowest BCUT2D eigenvalue weighted by molar-refractivity contribution is 1.51. The number of nitrogens with two attached hydrogens (primary N) is 1. The van der Waals surface area contributed by atoms with Crippen LogP contribution in [0.2, 0.25) is 0 Å². The monoisotopic (exact) mass is 181 g/mol. The van der Waals surface area contributed by atoms with Gasteiger partial charge in [-0.05, 0) is 31.9 Å². The van der Waals surface area contributed by atoms with E-state index in [1.54, 1.807) is 0 Å². The number of benzene rings is 1. The van der Waals surface area contributed by atoms with Crippen LogP contribution in [0.15, 0.2) is 18.2 Å². The molecule has 12 heavy (non-hydrogen) atoms. The van der Waals surface area contributed by atoms with E-state index in [4.69, 9.17) is 5.73 Å². The Hall–Kier alpha value is -0.680. The van der Waals surface area contributed by atoms with E-state index >= 15 is 0 Å². The van der Waals surface area contributed by atoms with Crippen molar-refractivity contribution < 1.29 is 0 Å². The summed E-state index contributed by atoms with van der Waals surface area (Å²) in [5.41, 5.74) is 8.05. The summed E-state index contributed by atoms with van der Waals surface area (Å²) in [5, 5.41) is 1.27. The molecule has 1 nitrogen and oxygen atoms in total. The van der Waals surface area contributed by atoms with Crippen LogP contribution in [0.5, 0.6) is 0 Å². The molecule has 0 saturated heterocycles. The van der Waals surface area contributed by atoms with Crippen LogP contribution >= 0.6 is 6.89 Å². The molecule has 2 heteroatoms. The van der Waals surface area contributed by atoms with Crippen molar-refractivity contribution >= 4 is 24.2 Å². The fourth-order valence-corrected chi connectivity index (χ4v) is 3.31. The molecule has 0 aromatic heterocycles. The topological polar surface area (TPSA) is 26.0 Å². The van der Waals surface area contributed by atoms with E-state index in [2.05, 4.69) is 32.6 Å². The molecule has 2 N–H and O–H groups in total. The molecular weight excluding hydrogens is 165 g/mol. The van der Waals surface area contributed by atoms with Crippen molar-refractivity contribution in [3.05, 3.63) is 23.8 Å². The second kappa shape index (κ2) is 2.99. The molecule has 1 rings (SSSR count).